The van der Waals surface area contributed by atoms with Crippen molar-refractivity contribution >= 4 is 23.6 Å². The quantitative estimate of drug-likeness (QED) is 0.749. The van der Waals surface area contributed by atoms with Gasteiger partial charge >= 0.3 is 0 Å². The van der Waals surface area contributed by atoms with Gasteiger partial charge in [0.2, 0.25) is 11.8 Å². The molecule has 5 nitrogen and oxygen atoms in total. The third kappa shape index (κ3) is 5.24. The molecule has 3 atom stereocenters. The van der Waals surface area contributed by atoms with E-state index >= 15 is 0 Å². The van der Waals surface area contributed by atoms with E-state index in [0.29, 0.717) is 12.5 Å². The highest BCUT2D eigenvalue weighted by Crippen LogP contribution is 2.26. The maximum Gasteiger partial charge on any atom is 0.237 e. The van der Waals surface area contributed by atoms with E-state index in [1.165, 1.54) is 0 Å². The maximum absolute atomic E-state index is 12.8. The molecule has 26 heavy (non-hydrogen) atoms. The van der Waals surface area contributed by atoms with Gasteiger partial charge in [0.05, 0.1) is 11.3 Å². The van der Waals surface area contributed by atoms with E-state index in [2.05, 4.69) is 10.6 Å². The van der Waals surface area contributed by atoms with Crippen molar-refractivity contribution in [3.8, 4) is 0 Å². The van der Waals surface area contributed by atoms with Crippen molar-refractivity contribution in [1.29, 1.82) is 0 Å². The van der Waals surface area contributed by atoms with Gasteiger partial charge in [0.1, 0.15) is 0 Å². The van der Waals surface area contributed by atoms with E-state index in [1.807, 2.05) is 42.2 Å². The number of amides is 2. The molecule has 6 heteroatoms. The van der Waals surface area contributed by atoms with Crippen molar-refractivity contribution in [3.05, 3.63) is 30.3 Å². The lowest BCUT2D eigenvalue weighted by Crippen LogP contribution is -2.48. The van der Waals surface area contributed by atoms with Crippen molar-refractivity contribution in [2.24, 2.45) is 5.92 Å². The van der Waals surface area contributed by atoms with Crippen LogP contribution in [0.25, 0.3) is 0 Å². The Labute approximate surface area is 160 Å². The molecule has 2 amide bonds. The largest absolute Gasteiger partial charge is 0.354 e. The SMILES string of the molecule is CC(Sc1ccccc1)C(=O)N1CCCC(CNC(=O)C2CCCN2)C1. The Hall–Kier alpha value is -1.53. The predicted molar refractivity (Wildman–Crippen MR) is 105 cm³/mol. The molecule has 0 bridgehead atoms. The van der Waals surface area contributed by atoms with Crippen molar-refractivity contribution < 1.29 is 9.59 Å². The number of carbonyl (C=O) groups is 2. The van der Waals surface area contributed by atoms with Crippen LogP contribution < -0.4 is 10.6 Å². The summed E-state index contributed by atoms with van der Waals surface area (Å²) in [7, 11) is 0. The van der Waals surface area contributed by atoms with Gasteiger partial charge in [-0.1, -0.05) is 18.2 Å². The first-order valence-corrected chi connectivity index (χ1v) is 10.5. The average molecular weight is 376 g/mol. The molecule has 3 unspecified atom stereocenters. The fourth-order valence-corrected chi connectivity index (χ4v) is 4.69. The summed E-state index contributed by atoms with van der Waals surface area (Å²) in [4.78, 5) is 28.1. The number of carbonyl (C=O) groups excluding carboxylic acids is 2. The van der Waals surface area contributed by atoms with E-state index < -0.39 is 0 Å². The molecule has 2 N–H and O–H groups in total. The molecule has 2 aliphatic heterocycles. The molecular weight excluding hydrogens is 346 g/mol. The van der Waals surface area contributed by atoms with Gasteiger partial charge in [-0.2, -0.15) is 0 Å². The summed E-state index contributed by atoms with van der Waals surface area (Å²) >= 11 is 1.61. The number of likely N-dealkylation sites (tertiary alicyclic amines) is 1. The highest BCUT2D eigenvalue weighted by atomic mass is 32.2. The van der Waals surface area contributed by atoms with E-state index in [0.717, 1.165) is 50.2 Å². The zero-order chi connectivity index (χ0) is 18.4. The minimum absolute atomic E-state index is 0.0291. The van der Waals surface area contributed by atoms with Crippen molar-refractivity contribution in [2.45, 2.75) is 48.8 Å². The molecule has 2 saturated heterocycles. The third-order valence-electron chi connectivity index (χ3n) is 5.18. The van der Waals surface area contributed by atoms with Crippen LogP contribution in [0.5, 0.6) is 0 Å². The lowest BCUT2D eigenvalue weighted by atomic mass is 9.97. The predicted octanol–water partition coefficient (Wildman–Crippen LogP) is 2.27. The Morgan fingerprint density at radius 1 is 1.27 bits per heavy atom. The second-order valence-electron chi connectivity index (χ2n) is 7.26. The molecule has 1 aromatic carbocycles. The van der Waals surface area contributed by atoms with Crippen molar-refractivity contribution in [3.63, 3.8) is 0 Å². The molecule has 3 rings (SSSR count). The number of rotatable bonds is 6. The fraction of sp³-hybridized carbons (Fsp3) is 0.600. The Balaban J connectivity index is 1.46. The number of hydrogen-bond donors (Lipinski definition) is 2. The van der Waals surface area contributed by atoms with E-state index in [9.17, 15) is 9.59 Å². The number of hydrogen-bond acceptors (Lipinski definition) is 4. The Morgan fingerprint density at radius 2 is 2.08 bits per heavy atom. The zero-order valence-corrected chi connectivity index (χ0v) is 16.3. The number of nitrogens with zero attached hydrogens (tertiary/aromatic N) is 1. The van der Waals surface area contributed by atoms with Gasteiger partial charge in [-0.3, -0.25) is 9.59 Å². The minimum Gasteiger partial charge on any atom is -0.354 e. The van der Waals surface area contributed by atoms with Crippen LogP contribution in [0.1, 0.15) is 32.6 Å². The van der Waals surface area contributed by atoms with Gasteiger partial charge in [-0.15, -0.1) is 11.8 Å². The van der Waals surface area contributed by atoms with Gasteiger partial charge in [-0.25, -0.2) is 0 Å². The summed E-state index contributed by atoms with van der Waals surface area (Å²) in [5, 5.41) is 6.22. The molecule has 2 fully saturated rings. The normalized spacial score (nSPS) is 24.3. The highest BCUT2D eigenvalue weighted by molar-refractivity contribution is 8.00. The lowest BCUT2D eigenvalue weighted by Gasteiger charge is -2.34. The third-order valence-corrected chi connectivity index (χ3v) is 6.28. The highest BCUT2D eigenvalue weighted by Gasteiger charge is 2.28. The number of benzene rings is 1. The van der Waals surface area contributed by atoms with Crippen LogP contribution in [-0.4, -0.2) is 54.2 Å². The summed E-state index contributed by atoms with van der Waals surface area (Å²) in [5.74, 6) is 0.665. The van der Waals surface area contributed by atoms with E-state index in [4.69, 9.17) is 0 Å². The average Bonchev–Trinajstić information content (AvgIpc) is 3.21. The molecular formula is C20H29N3O2S. The van der Waals surface area contributed by atoms with Crippen LogP contribution in [-0.2, 0) is 9.59 Å². The summed E-state index contributed by atoms with van der Waals surface area (Å²) in [6.07, 6.45) is 4.08. The van der Waals surface area contributed by atoms with Crippen LogP contribution >= 0.6 is 11.8 Å². The van der Waals surface area contributed by atoms with Crippen molar-refractivity contribution in [2.75, 3.05) is 26.2 Å². The van der Waals surface area contributed by atoms with Gasteiger partial charge < -0.3 is 15.5 Å². The summed E-state index contributed by atoms with van der Waals surface area (Å²) in [6, 6.07) is 10.0. The number of thioether (sulfide) groups is 1. The molecule has 0 saturated carbocycles. The standard InChI is InChI=1S/C20H29N3O2S/c1-15(26-17-8-3-2-4-9-17)20(25)23-12-6-7-16(14-23)13-22-19(24)18-10-5-11-21-18/h2-4,8-9,15-16,18,21H,5-7,10-14H2,1H3,(H,22,24). The van der Waals surface area contributed by atoms with E-state index in [-0.39, 0.29) is 23.1 Å². The first-order chi connectivity index (χ1) is 12.6. The fourth-order valence-electron chi connectivity index (χ4n) is 3.72. The first-order valence-electron chi connectivity index (χ1n) is 9.65. The molecule has 0 aromatic heterocycles. The second-order valence-corrected chi connectivity index (χ2v) is 8.67. The lowest BCUT2D eigenvalue weighted by molar-refractivity contribution is -0.132. The zero-order valence-electron chi connectivity index (χ0n) is 15.4. The van der Waals surface area contributed by atoms with Crippen molar-refractivity contribution in [1.82, 2.24) is 15.5 Å². The van der Waals surface area contributed by atoms with Crippen LogP contribution in [0.15, 0.2) is 35.2 Å². The molecule has 142 valence electrons. The minimum atomic E-state index is -0.0894. The second kappa shape index (κ2) is 9.42. The van der Waals surface area contributed by atoms with Crippen LogP contribution in [0, 0.1) is 5.92 Å². The monoisotopic (exact) mass is 375 g/mol. The molecule has 2 heterocycles. The summed E-state index contributed by atoms with van der Waals surface area (Å²) in [6.45, 7) is 5.16. The van der Waals surface area contributed by atoms with E-state index in [1.54, 1.807) is 11.8 Å². The summed E-state index contributed by atoms with van der Waals surface area (Å²) in [5.41, 5.74) is 0. The van der Waals surface area contributed by atoms with Crippen LogP contribution in [0.3, 0.4) is 0 Å². The topological polar surface area (TPSA) is 61.4 Å². The molecule has 0 spiro atoms. The van der Waals surface area contributed by atoms with Crippen LogP contribution in [0.2, 0.25) is 0 Å². The Kier molecular flexibility index (Phi) is 6.97. The molecule has 2 aliphatic rings. The maximum atomic E-state index is 12.8. The summed E-state index contributed by atoms with van der Waals surface area (Å²) < 4.78 is 0. The van der Waals surface area contributed by atoms with Crippen LogP contribution in [0.4, 0.5) is 0 Å². The Bertz CT molecular complexity index is 604. The Morgan fingerprint density at radius 3 is 2.81 bits per heavy atom. The molecule has 1 aromatic rings. The van der Waals surface area contributed by atoms with Gasteiger partial charge in [0.25, 0.3) is 0 Å². The van der Waals surface area contributed by atoms with Gasteiger partial charge in [0.15, 0.2) is 0 Å². The first kappa shape index (κ1) is 19.2. The van der Waals surface area contributed by atoms with Gasteiger partial charge in [-0.05, 0) is 57.2 Å². The smallest absolute Gasteiger partial charge is 0.237 e. The number of piperidine rings is 1. The number of nitrogens with one attached hydrogen (secondary N) is 2. The van der Waals surface area contributed by atoms with Gasteiger partial charge in [0, 0.05) is 24.5 Å². The molecule has 0 aliphatic carbocycles. The molecule has 0 radical (unpaired) electrons.